The average molecular weight is 176 g/mol. The maximum Gasteiger partial charge on any atom is 0.308 e. The molecule has 13 heavy (non-hydrogen) atoms. The number of hydrogen-bond donors (Lipinski definition) is 0. The first-order valence-corrected chi connectivity index (χ1v) is 3.65. The van der Waals surface area contributed by atoms with Crippen LogP contribution in [0.3, 0.4) is 0 Å². The molecular weight excluding hydrogens is 168 g/mol. The fourth-order valence-corrected chi connectivity index (χ4v) is 0.893. The van der Waals surface area contributed by atoms with Gasteiger partial charge in [-0.2, -0.15) is 0 Å². The van der Waals surface area contributed by atoms with E-state index in [-0.39, 0.29) is 12.4 Å². The molecule has 4 heteroatoms. The van der Waals surface area contributed by atoms with E-state index in [0.29, 0.717) is 11.3 Å². The van der Waals surface area contributed by atoms with Gasteiger partial charge in [-0.1, -0.05) is 6.07 Å². The fourth-order valence-electron chi connectivity index (χ4n) is 0.893. The summed E-state index contributed by atoms with van der Waals surface area (Å²) in [6.45, 7) is 6.82. The molecule has 0 fully saturated rings. The van der Waals surface area contributed by atoms with E-state index in [0.717, 1.165) is 0 Å². The zero-order valence-electron chi connectivity index (χ0n) is 7.15. The van der Waals surface area contributed by atoms with Gasteiger partial charge < -0.3 is 4.74 Å². The summed E-state index contributed by atoms with van der Waals surface area (Å²) in [6.07, 6.45) is 3.11. The number of carbonyl (C=O) groups is 1. The number of rotatable bonds is 2. The predicted molar refractivity (Wildman–Crippen MR) is 46.2 cm³/mol. The molecule has 0 spiro atoms. The molecule has 0 N–H and O–H groups in total. The highest BCUT2D eigenvalue weighted by Crippen LogP contribution is 2.17. The highest BCUT2D eigenvalue weighted by Gasteiger charge is 2.06. The topological polar surface area (TPSA) is 43.5 Å². The highest BCUT2D eigenvalue weighted by atomic mass is 16.5. The number of carbonyl (C=O) groups excluding carboxylic acids is 1. The van der Waals surface area contributed by atoms with Crippen molar-refractivity contribution in [2.75, 3.05) is 7.11 Å². The standard InChI is InChI=1S/C9H8N2O2/c1-10-8-6-11-4-3-7(8)5-9(12)13-2/h3-4,6H,5H2,2H3. The molecular formula is C9H8N2O2. The fraction of sp³-hybridized carbons (Fsp3) is 0.222. The van der Waals surface area contributed by atoms with Crippen LogP contribution in [-0.2, 0) is 16.0 Å². The Balaban J connectivity index is 2.89. The number of hydrogen-bond acceptors (Lipinski definition) is 3. The molecule has 66 valence electrons. The molecule has 0 aliphatic carbocycles. The molecule has 0 radical (unpaired) electrons. The van der Waals surface area contributed by atoms with Gasteiger partial charge in [-0.3, -0.25) is 9.78 Å². The van der Waals surface area contributed by atoms with Crippen LogP contribution in [-0.4, -0.2) is 18.1 Å². The Hall–Kier alpha value is -1.89. The summed E-state index contributed by atoms with van der Waals surface area (Å²) in [5.41, 5.74) is 1.05. The SMILES string of the molecule is [C-]#[N+]c1cnccc1CC(=O)OC. The Labute approximate surface area is 76.0 Å². The lowest BCUT2D eigenvalue weighted by molar-refractivity contribution is -0.139. The summed E-state index contributed by atoms with van der Waals surface area (Å²) in [5, 5.41) is 0. The third-order valence-electron chi connectivity index (χ3n) is 1.57. The summed E-state index contributed by atoms with van der Waals surface area (Å²) in [4.78, 5) is 17.9. The van der Waals surface area contributed by atoms with Crippen LogP contribution in [0.1, 0.15) is 5.56 Å². The largest absolute Gasteiger partial charge is 0.469 e. The van der Waals surface area contributed by atoms with Gasteiger partial charge in [0.05, 0.1) is 20.1 Å². The smallest absolute Gasteiger partial charge is 0.308 e. The molecule has 1 aromatic rings. The molecule has 0 bridgehead atoms. The van der Waals surface area contributed by atoms with Crippen LogP contribution in [0.5, 0.6) is 0 Å². The molecule has 0 saturated carbocycles. The molecule has 0 amide bonds. The van der Waals surface area contributed by atoms with Crippen LogP contribution < -0.4 is 0 Å². The summed E-state index contributed by atoms with van der Waals surface area (Å²) in [6, 6.07) is 1.64. The minimum atomic E-state index is -0.351. The maximum absolute atomic E-state index is 10.9. The second kappa shape index (κ2) is 4.21. The van der Waals surface area contributed by atoms with Gasteiger partial charge in [0.1, 0.15) is 0 Å². The van der Waals surface area contributed by atoms with Crippen molar-refractivity contribution in [1.29, 1.82) is 0 Å². The first-order valence-electron chi connectivity index (χ1n) is 3.65. The van der Waals surface area contributed by atoms with Gasteiger partial charge in [-0.05, 0) is 5.56 Å². The van der Waals surface area contributed by atoms with E-state index in [4.69, 9.17) is 6.57 Å². The Morgan fingerprint density at radius 2 is 2.54 bits per heavy atom. The molecule has 0 aromatic carbocycles. The van der Waals surface area contributed by atoms with Gasteiger partial charge in [0, 0.05) is 12.4 Å². The zero-order valence-corrected chi connectivity index (χ0v) is 7.15. The monoisotopic (exact) mass is 176 g/mol. The van der Waals surface area contributed by atoms with Gasteiger partial charge in [0.15, 0.2) is 0 Å². The molecule has 0 unspecified atom stereocenters. The first-order chi connectivity index (χ1) is 6.27. The number of pyridine rings is 1. The quantitative estimate of drug-likeness (QED) is 0.504. The summed E-state index contributed by atoms with van der Waals surface area (Å²) >= 11 is 0. The van der Waals surface area contributed by atoms with E-state index in [2.05, 4.69) is 14.6 Å². The summed E-state index contributed by atoms with van der Waals surface area (Å²) < 4.78 is 4.49. The van der Waals surface area contributed by atoms with E-state index >= 15 is 0 Å². The predicted octanol–water partition coefficient (Wildman–Crippen LogP) is 1.35. The van der Waals surface area contributed by atoms with Crippen LogP contribution in [0.4, 0.5) is 5.69 Å². The number of methoxy groups -OCH3 is 1. The number of esters is 1. The van der Waals surface area contributed by atoms with Crippen molar-refractivity contribution in [3.63, 3.8) is 0 Å². The van der Waals surface area contributed by atoms with Gasteiger partial charge in [-0.15, -0.1) is 0 Å². The minimum Gasteiger partial charge on any atom is -0.469 e. The minimum absolute atomic E-state index is 0.122. The van der Waals surface area contributed by atoms with Crippen LogP contribution in [0.25, 0.3) is 4.85 Å². The average Bonchev–Trinajstić information content (AvgIpc) is 2.18. The molecule has 0 aliphatic rings. The Bertz CT molecular complexity index is 355. The van der Waals surface area contributed by atoms with Crippen molar-refractivity contribution in [2.24, 2.45) is 0 Å². The van der Waals surface area contributed by atoms with Crippen LogP contribution >= 0.6 is 0 Å². The molecule has 1 heterocycles. The van der Waals surface area contributed by atoms with E-state index in [1.807, 2.05) is 0 Å². The molecule has 0 saturated heterocycles. The lowest BCUT2D eigenvalue weighted by atomic mass is 10.2. The van der Waals surface area contributed by atoms with E-state index in [1.54, 1.807) is 12.3 Å². The molecule has 0 atom stereocenters. The van der Waals surface area contributed by atoms with Crippen LogP contribution in [0, 0.1) is 6.57 Å². The molecule has 1 rings (SSSR count). The van der Waals surface area contributed by atoms with Crippen molar-refractivity contribution in [2.45, 2.75) is 6.42 Å². The van der Waals surface area contributed by atoms with Crippen molar-refractivity contribution in [1.82, 2.24) is 4.98 Å². The molecule has 0 aliphatic heterocycles. The van der Waals surface area contributed by atoms with Crippen molar-refractivity contribution in [3.8, 4) is 0 Å². The van der Waals surface area contributed by atoms with Crippen molar-refractivity contribution in [3.05, 3.63) is 35.4 Å². The third kappa shape index (κ3) is 2.27. The van der Waals surface area contributed by atoms with Crippen LogP contribution in [0.15, 0.2) is 18.5 Å². The maximum atomic E-state index is 10.9. The van der Waals surface area contributed by atoms with Crippen molar-refractivity contribution >= 4 is 11.7 Å². The Morgan fingerprint density at radius 1 is 1.77 bits per heavy atom. The van der Waals surface area contributed by atoms with Gasteiger partial charge >= 0.3 is 5.97 Å². The molecule has 4 nitrogen and oxygen atoms in total. The van der Waals surface area contributed by atoms with Crippen LogP contribution in [0.2, 0.25) is 0 Å². The van der Waals surface area contributed by atoms with Gasteiger partial charge in [-0.25, -0.2) is 4.85 Å². The molecule has 1 aromatic heterocycles. The van der Waals surface area contributed by atoms with E-state index in [9.17, 15) is 4.79 Å². The number of aromatic nitrogens is 1. The first kappa shape index (κ1) is 9.20. The Kier molecular flexibility index (Phi) is 2.98. The highest BCUT2D eigenvalue weighted by molar-refractivity contribution is 5.75. The van der Waals surface area contributed by atoms with Gasteiger partial charge in [0.25, 0.3) is 0 Å². The van der Waals surface area contributed by atoms with Crippen molar-refractivity contribution < 1.29 is 9.53 Å². The lowest BCUT2D eigenvalue weighted by Crippen LogP contribution is -2.04. The second-order valence-corrected chi connectivity index (χ2v) is 2.37. The van der Waals surface area contributed by atoms with E-state index < -0.39 is 0 Å². The normalized spacial score (nSPS) is 8.92. The lowest BCUT2D eigenvalue weighted by Gasteiger charge is -2.00. The third-order valence-corrected chi connectivity index (χ3v) is 1.57. The number of nitrogens with zero attached hydrogens (tertiary/aromatic N) is 2. The van der Waals surface area contributed by atoms with Gasteiger partial charge in [0.2, 0.25) is 5.69 Å². The zero-order chi connectivity index (χ0) is 9.68. The Morgan fingerprint density at radius 3 is 3.15 bits per heavy atom. The summed E-state index contributed by atoms with van der Waals surface area (Å²) in [7, 11) is 1.32. The van der Waals surface area contributed by atoms with E-state index in [1.165, 1.54) is 13.3 Å². The second-order valence-electron chi connectivity index (χ2n) is 2.37. The summed E-state index contributed by atoms with van der Waals surface area (Å²) in [5.74, 6) is -0.351. The number of ether oxygens (including phenoxy) is 1.